The molecular formula is C13H18N2O2S2. The van der Waals surface area contributed by atoms with Crippen molar-refractivity contribution in [1.29, 1.82) is 0 Å². The van der Waals surface area contributed by atoms with Crippen LogP contribution in [0.2, 0.25) is 0 Å². The summed E-state index contributed by atoms with van der Waals surface area (Å²) >= 11 is 1.66. The molecule has 1 aliphatic carbocycles. The van der Waals surface area contributed by atoms with Gasteiger partial charge >= 0.3 is 0 Å². The maximum Gasteiger partial charge on any atom is 0.244 e. The highest BCUT2D eigenvalue weighted by atomic mass is 32.2. The van der Waals surface area contributed by atoms with Gasteiger partial charge in [-0.05, 0) is 24.3 Å². The number of amides is 1. The third kappa shape index (κ3) is 2.37. The van der Waals surface area contributed by atoms with Gasteiger partial charge in [-0.25, -0.2) is 0 Å². The second-order valence-corrected chi connectivity index (χ2v) is 7.92. The zero-order valence-corrected chi connectivity index (χ0v) is 12.6. The molecule has 1 amide bonds. The molecule has 3 rings (SSSR count). The Morgan fingerprint density at radius 3 is 2.95 bits per heavy atom. The Labute approximate surface area is 119 Å². The van der Waals surface area contributed by atoms with Gasteiger partial charge in [-0.1, -0.05) is 13.0 Å². The second kappa shape index (κ2) is 5.00. The zero-order chi connectivity index (χ0) is 13.5. The van der Waals surface area contributed by atoms with Crippen LogP contribution < -0.4 is 5.32 Å². The molecule has 1 aliphatic heterocycles. The summed E-state index contributed by atoms with van der Waals surface area (Å²) in [6, 6.07) is 4.06. The van der Waals surface area contributed by atoms with E-state index < -0.39 is 10.8 Å². The molecule has 19 heavy (non-hydrogen) atoms. The van der Waals surface area contributed by atoms with Crippen molar-refractivity contribution in [2.75, 3.05) is 18.1 Å². The largest absolute Gasteiger partial charge is 0.320 e. The van der Waals surface area contributed by atoms with Crippen molar-refractivity contribution in [3.05, 3.63) is 22.4 Å². The van der Waals surface area contributed by atoms with Crippen LogP contribution in [-0.4, -0.2) is 38.6 Å². The molecule has 2 fully saturated rings. The summed E-state index contributed by atoms with van der Waals surface area (Å²) in [5.41, 5.74) is -0.303. The average molecular weight is 298 g/mol. The van der Waals surface area contributed by atoms with E-state index in [9.17, 15) is 9.00 Å². The first-order valence-electron chi connectivity index (χ1n) is 6.63. The van der Waals surface area contributed by atoms with Crippen LogP contribution in [0.4, 0.5) is 0 Å². The monoisotopic (exact) mass is 298 g/mol. The molecule has 0 aromatic carbocycles. The fourth-order valence-electron chi connectivity index (χ4n) is 2.52. The summed E-state index contributed by atoms with van der Waals surface area (Å²) in [5.74, 6) is 1.42. The van der Waals surface area contributed by atoms with Crippen LogP contribution in [0.15, 0.2) is 17.5 Å². The fraction of sp³-hybridized carbons (Fsp3) is 0.615. The molecule has 2 atom stereocenters. The lowest BCUT2D eigenvalue weighted by Gasteiger charge is -2.22. The number of thiophene rings is 1. The number of nitrogens with zero attached hydrogens (tertiary/aromatic N) is 1. The third-order valence-corrected chi connectivity index (χ3v) is 6.05. The molecular weight excluding hydrogens is 280 g/mol. The predicted molar refractivity (Wildman–Crippen MR) is 77.4 cm³/mol. The quantitative estimate of drug-likeness (QED) is 0.896. The van der Waals surface area contributed by atoms with E-state index in [1.54, 1.807) is 11.3 Å². The van der Waals surface area contributed by atoms with Crippen LogP contribution in [0, 0.1) is 0 Å². The molecule has 6 heteroatoms. The maximum atomic E-state index is 12.5. The Morgan fingerprint density at radius 1 is 1.58 bits per heavy atom. The van der Waals surface area contributed by atoms with Gasteiger partial charge in [0.2, 0.25) is 5.91 Å². The van der Waals surface area contributed by atoms with Crippen molar-refractivity contribution >= 4 is 28.0 Å². The zero-order valence-electron chi connectivity index (χ0n) is 10.9. The first kappa shape index (κ1) is 13.3. The van der Waals surface area contributed by atoms with Crippen LogP contribution in [-0.2, 0) is 15.6 Å². The van der Waals surface area contributed by atoms with Gasteiger partial charge in [-0.2, -0.15) is 0 Å². The number of hydrogen-bond donors (Lipinski definition) is 1. The normalized spacial score (nSPS) is 26.1. The number of rotatable bonds is 5. The van der Waals surface area contributed by atoms with E-state index in [0.717, 1.165) is 12.8 Å². The van der Waals surface area contributed by atoms with Gasteiger partial charge < -0.3 is 4.90 Å². The van der Waals surface area contributed by atoms with Crippen LogP contribution in [0.3, 0.4) is 0 Å². The molecule has 1 saturated carbocycles. The summed E-state index contributed by atoms with van der Waals surface area (Å²) < 4.78 is 11.6. The van der Waals surface area contributed by atoms with Gasteiger partial charge in [0.25, 0.3) is 0 Å². The van der Waals surface area contributed by atoms with E-state index in [4.69, 9.17) is 0 Å². The average Bonchev–Trinajstić information content (AvgIpc) is 2.89. The molecule has 1 spiro atoms. The first-order chi connectivity index (χ1) is 9.16. The van der Waals surface area contributed by atoms with Gasteiger partial charge in [0.15, 0.2) is 0 Å². The predicted octanol–water partition coefficient (Wildman–Crippen LogP) is 1.48. The lowest BCUT2D eigenvalue weighted by Crippen LogP contribution is -2.34. The smallest absolute Gasteiger partial charge is 0.244 e. The summed E-state index contributed by atoms with van der Waals surface area (Å²) in [6.07, 6.45) is 1.84. The number of hydrogen-bond acceptors (Lipinski definition) is 4. The van der Waals surface area contributed by atoms with Crippen molar-refractivity contribution in [2.24, 2.45) is 0 Å². The van der Waals surface area contributed by atoms with E-state index in [1.807, 2.05) is 23.3 Å². The van der Waals surface area contributed by atoms with Crippen molar-refractivity contribution in [1.82, 2.24) is 10.2 Å². The maximum absolute atomic E-state index is 12.5. The molecule has 1 N–H and O–H groups in total. The van der Waals surface area contributed by atoms with Crippen LogP contribution in [0.1, 0.15) is 30.8 Å². The Kier molecular flexibility index (Phi) is 3.49. The van der Waals surface area contributed by atoms with Gasteiger partial charge in [-0.3, -0.25) is 14.3 Å². The topological polar surface area (TPSA) is 49.4 Å². The Hall–Kier alpha value is -0.720. The fourth-order valence-corrected chi connectivity index (χ4v) is 4.00. The molecule has 4 nitrogen and oxygen atoms in total. The highest BCUT2D eigenvalue weighted by molar-refractivity contribution is 7.84. The Balaban J connectivity index is 1.77. The first-order valence-corrected chi connectivity index (χ1v) is 9.00. The number of nitrogens with one attached hydrogen (secondary N) is 1. The Morgan fingerprint density at radius 2 is 2.37 bits per heavy atom. The van der Waals surface area contributed by atoms with Gasteiger partial charge in [0.05, 0.1) is 0 Å². The number of carbonyl (C=O) groups excluding carboxylic acids is 1. The molecule has 2 heterocycles. The SMILES string of the molecule is CCS(=O)CCN1C(=O)C2(CC2)NC1c1cccs1. The van der Waals surface area contributed by atoms with Gasteiger partial charge in [-0.15, -0.1) is 11.3 Å². The van der Waals surface area contributed by atoms with Crippen molar-refractivity contribution in [3.8, 4) is 0 Å². The van der Waals surface area contributed by atoms with Crippen molar-refractivity contribution in [3.63, 3.8) is 0 Å². The molecule has 104 valence electrons. The Bertz CT molecular complexity index is 497. The molecule has 2 unspecified atom stereocenters. The summed E-state index contributed by atoms with van der Waals surface area (Å²) in [5, 5.41) is 5.50. The molecule has 2 aliphatic rings. The summed E-state index contributed by atoms with van der Waals surface area (Å²) in [6.45, 7) is 2.50. The van der Waals surface area contributed by atoms with Crippen LogP contribution in [0.5, 0.6) is 0 Å². The minimum Gasteiger partial charge on any atom is -0.320 e. The summed E-state index contributed by atoms with van der Waals surface area (Å²) in [4.78, 5) is 15.5. The lowest BCUT2D eigenvalue weighted by atomic mass is 10.3. The second-order valence-electron chi connectivity index (χ2n) is 5.08. The minimum atomic E-state index is -0.822. The molecule has 1 aromatic rings. The minimum absolute atomic E-state index is 0.0242. The standard InChI is InChI=1S/C13H18N2O2S2/c1-2-19(17)9-7-15-11(10-4-3-8-18-10)14-13(5-6-13)12(15)16/h3-4,8,11,14H,2,5-7,9H2,1H3. The molecule has 1 saturated heterocycles. The van der Waals surface area contributed by atoms with E-state index in [1.165, 1.54) is 4.88 Å². The van der Waals surface area contributed by atoms with E-state index >= 15 is 0 Å². The van der Waals surface area contributed by atoms with Crippen LogP contribution >= 0.6 is 11.3 Å². The lowest BCUT2D eigenvalue weighted by molar-refractivity contribution is -0.130. The molecule has 1 aromatic heterocycles. The van der Waals surface area contributed by atoms with Crippen molar-refractivity contribution in [2.45, 2.75) is 31.5 Å². The molecule has 0 radical (unpaired) electrons. The highest BCUT2D eigenvalue weighted by Crippen LogP contribution is 2.46. The van der Waals surface area contributed by atoms with E-state index in [0.29, 0.717) is 18.1 Å². The highest BCUT2D eigenvalue weighted by Gasteiger charge is 2.59. The van der Waals surface area contributed by atoms with Crippen LogP contribution in [0.25, 0.3) is 0 Å². The van der Waals surface area contributed by atoms with Gasteiger partial charge in [0, 0.05) is 33.7 Å². The number of carbonyl (C=O) groups is 1. The van der Waals surface area contributed by atoms with Crippen molar-refractivity contribution < 1.29 is 9.00 Å². The summed E-state index contributed by atoms with van der Waals surface area (Å²) in [7, 11) is -0.822. The van der Waals surface area contributed by atoms with E-state index in [-0.39, 0.29) is 17.6 Å². The molecule has 0 bridgehead atoms. The third-order valence-electron chi connectivity index (χ3n) is 3.84. The van der Waals surface area contributed by atoms with Gasteiger partial charge in [0.1, 0.15) is 11.7 Å². The van der Waals surface area contributed by atoms with E-state index in [2.05, 4.69) is 11.4 Å².